The molecule has 0 radical (unpaired) electrons. The largest absolute Gasteiger partial charge is 0.480 e. The Balaban J connectivity index is 3.74. The van der Waals surface area contributed by atoms with Crippen LogP contribution in [0, 0.1) is 5.92 Å². The molecule has 0 bridgehead atoms. The van der Waals surface area contributed by atoms with Crippen LogP contribution in [0.25, 0.3) is 0 Å². The van der Waals surface area contributed by atoms with Crippen LogP contribution in [-0.4, -0.2) is 24.3 Å². The third kappa shape index (κ3) is 15.6. The van der Waals surface area contributed by atoms with Crippen LogP contribution in [-0.2, 0) is 9.53 Å². The molecule has 126 valence electrons. The van der Waals surface area contributed by atoms with Crippen LogP contribution in [0.2, 0.25) is 0 Å². The number of ether oxygens (including phenoxy) is 1. The lowest BCUT2D eigenvalue weighted by molar-refractivity contribution is -0.142. The molecule has 0 fully saturated rings. The van der Waals surface area contributed by atoms with Crippen LogP contribution in [0.15, 0.2) is 0 Å². The van der Waals surface area contributed by atoms with Crippen molar-refractivity contribution in [2.75, 3.05) is 13.2 Å². The molecular weight excluding hydrogens is 264 g/mol. The lowest BCUT2D eigenvalue weighted by Gasteiger charge is -2.16. The number of carboxylic acid groups (broad SMARTS) is 1. The summed E-state index contributed by atoms with van der Waals surface area (Å²) in [6.07, 6.45) is 15.4. The van der Waals surface area contributed by atoms with Crippen molar-refractivity contribution in [1.29, 1.82) is 0 Å². The van der Waals surface area contributed by atoms with E-state index in [0.717, 1.165) is 0 Å². The fourth-order valence-corrected chi connectivity index (χ4v) is 2.70. The summed E-state index contributed by atoms with van der Waals surface area (Å²) < 4.78 is 5.31. The van der Waals surface area contributed by atoms with Gasteiger partial charge in [0.25, 0.3) is 0 Å². The molecule has 0 aliphatic rings. The maximum absolute atomic E-state index is 10.5. The fourth-order valence-electron chi connectivity index (χ4n) is 2.70. The van der Waals surface area contributed by atoms with Crippen LogP contribution >= 0.6 is 0 Å². The van der Waals surface area contributed by atoms with Gasteiger partial charge in [-0.2, -0.15) is 0 Å². The van der Waals surface area contributed by atoms with E-state index in [9.17, 15) is 4.79 Å². The summed E-state index contributed by atoms with van der Waals surface area (Å²) in [5.41, 5.74) is 0. The highest BCUT2D eigenvalue weighted by Gasteiger charge is 2.10. The number of hydrogen-bond donors (Lipinski definition) is 1. The fraction of sp³-hybridized carbons (Fsp3) is 0.944. The molecule has 0 heterocycles. The van der Waals surface area contributed by atoms with E-state index in [0.29, 0.717) is 12.5 Å². The third-order valence-electron chi connectivity index (χ3n) is 4.01. The molecule has 0 amide bonds. The predicted octanol–water partition coefficient (Wildman–Crippen LogP) is 5.42. The molecule has 3 heteroatoms. The van der Waals surface area contributed by atoms with Gasteiger partial charge in [0.2, 0.25) is 0 Å². The summed E-state index contributed by atoms with van der Waals surface area (Å²) >= 11 is 0. The van der Waals surface area contributed by atoms with E-state index < -0.39 is 5.97 Å². The number of carbonyl (C=O) groups is 1. The monoisotopic (exact) mass is 300 g/mol. The summed E-state index contributed by atoms with van der Waals surface area (Å²) in [6, 6.07) is 0. The molecule has 0 rings (SSSR count). The lowest BCUT2D eigenvalue weighted by atomic mass is 9.95. The van der Waals surface area contributed by atoms with Crippen LogP contribution in [0.4, 0.5) is 0 Å². The highest BCUT2D eigenvalue weighted by atomic mass is 16.5. The smallest absolute Gasteiger partial charge is 0.329 e. The molecule has 0 saturated carbocycles. The summed E-state index contributed by atoms with van der Waals surface area (Å²) in [6.45, 7) is 4.94. The molecule has 21 heavy (non-hydrogen) atoms. The van der Waals surface area contributed by atoms with E-state index in [4.69, 9.17) is 9.84 Å². The molecule has 0 aromatic rings. The molecule has 0 aromatic carbocycles. The van der Waals surface area contributed by atoms with Crippen molar-refractivity contribution in [3.63, 3.8) is 0 Å². The van der Waals surface area contributed by atoms with Crippen molar-refractivity contribution in [2.24, 2.45) is 5.92 Å². The minimum atomic E-state index is -0.862. The van der Waals surface area contributed by atoms with Crippen molar-refractivity contribution >= 4 is 5.97 Å². The van der Waals surface area contributed by atoms with Crippen molar-refractivity contribution in [1.82, 2.24) is 0 Å². The van der Waals surface area contributed by atoms with Gasteiger partial charge in [0.15, 0.2) is 0 Å². The Morgan fingerprint density at radius 3 is 1.86 bits per heavy atom. The molecular formula is C18H36O3. The van der Waals surface area contributed by atoms with Crippen LogP contribution in [0.3, 0.4) is 0 Å². The maximum Gasteiger partial charge on any atom is 0.329 e. The Kier molecular flexibility index (Phi) is 15.4. The highest BCUT2D eigenvalue weighted by molar-refractivity contribution is 5.67. The van der Waals surface area contributed by atoms with Gasteiger partial charge in [-0.05, 0) is 18.8 Å². The molecule has 0 aromatic heterocycles. The topological polar surface area (TPSA) is 46.5 Å². The summed E-state index contributed by atoms with van der Waals surface area (Å²) in [4.78, 5) is 10.5. The first kappa shape index (κ1) is 20.4. The minimum Gasteiger partial charge on any atom is -0.480 e. The average molecular weight is 300 g/mol. The number of unbranched alkanes of at least 4 members (excludes halogenated alkanes) is 8. The van der Waals surface area contributed by atoms with E-state index in [1.54, 1.807) is 0 Å². The van der Waals surface area contributed by atoms with Gasteiger partial charge in [-0.3, -0.25) is 0 Å². The molecule has 0 saturated heterocycles. The van der Waals surface area contributed by atoms with Crippen molar-refractivity contribution in [3.8, 4) is 0 Å². The van der Waals surface area contributed by atoms with Crippen LogP contribution < -0.4 is 0 Å². The summed E-state index contributed by atoms with van der Waals surface area (Å²) in [7, 11) is 0. The van der Waals surface area contributed by atoms with Crippen molar-refractivity contribution < 1.29 is 14.6 Å². The molecule has 3 nitrogen and oxygen atoms in total. The second-order valence-electron chi connectivity index (χ2n) is 6.18. The third-order valence-corrected chi connectivity index (χ3v) is 4.01. The van der Waals surface area contributed by atoms with Gasteiger partial charge in [-0.1, -0.05) is 78.1 Å². The second kappa shape index (κ2) is 15.8. The zero-order chi connectivity index (χ0) is 15.8. The molecule has 0 aliphatic carbocycles. The maximum atomic E-state index is 10.5. The van der Waals surface area contributed by atoms with E-state index in [1.807, 2.05) is 0 Å². The first-order valence-corrected chi connectivity index (χ1v) is 9.00. The van der Waals surface area contributed by atoms with Gasteiger partial charge in [-0.15, -0.1) is 0 Å². The predicted molar refractivity (Wildman–Crippen MR) is 88.7 cm³/mol. The van der Waals surface area contributed by atoms with Gasteiger partial charge in [0.1, 0.15) is 6.61 Å². The van der Waals surface area contributed by atoms with Gasteiger partial charge in [0.05, 0.1) is 6.61 Å². The standard InChI is InChI=1S/C18H36O3/c1-3-5-7-9-10-12-14-17(13-11-8-6-4-2)15-21-16-18(19)20/h17H,3-16H2,1-2H3,(H,19,20). The van der Waals surface area contributed by atoms with E-state index >= 15 is 0 Å². The van der Waals surface area contributed by atoms with Gasteiger partial charge < -0.3 is 9.84 Å². The zero-order valence-corrected chi connectivity index (χ0v) is 14.2. The molecule has 1 unspecified atom stereocenters. The Labute approximate surface area is 131 Å². The van der Waals surface area contributed by atoms with Crippen molar-refractivity contribution in [2.45, 2.75) is 90.9 Å². The SMILES string of the molecule is CCCCCCCCC(CCCCCC)COCC(=O)O. The quantitative estimate of drug-likeness (QED) is 0.387. The molecule has 0 spiro atoms. The van der Waals surface area contributed by atoms with E-state index in [2.05, 4.69) is 13.8 Å². The van der Waals surface area contributed by atoms with Crippen LogP contribution in [0.5, 0.6) is 0 Å². The van der Waals surface area contributed by atoms with E-state index in [1.165, 1.54) is 77.0 Å². The molecule has 1 atom stereocenters. The minimum absolute atomic E-state index is 0.151. The van der Waals surface area contributed by atoms with Gasteiger partial charge in [0, 0.05) is 0 Å². The summed E-state index contributed by atoms with van der Waals surface area (Å²) in [5.74, 6) is -0.313. The summed E-state index contributed by atoms with van der Waals surface area (Å²) in [5, 5.41) is 8.64. The highest BCUT2D eigenvalue weighted by Crippen LogP contribution is 2.19. The molecule has 0 aliphatic heterocycles. The first-order valence-electron chi connectivity index (χ1n) is 9.00. The van der Waals surface area contributed by atoms with Crippen molar-refractivity contribution in [3.05, 3.63) is 0 Å². The number of aliphatic carboxylic acids is 1. The Morgan fingerprint density at radius 1 is 0.857 bits per heavy atom. The normalized spacial score (nSPS) is 12.5. The Bertz CT molecular complexity index is 229. The number of carboxylic acids is 1. The van der Waals surface area contributed by atoms with Gasteiger partial charge >= 0.3 is 5.97 Å². The first-order chi connectivity index (χ1) is 10.2. The Hall–Kier alpha value is -0.570. The number of rotatable bonds is 16. The lowest BCUT2D eigenvalue weighted by Crippen LogP contribution is -2.15. The average Bonchev–Trinajstić information content (AvgIpc) is 2.46. The molecule has 1 N–H and O–H groups in total. The Morgan fingerprint density at radius 2 is 1.33 bits per heavy atom. The van der Waals surface area contributed by atoms with E-state index in [-0.39, 0.29) is 6.61 Å². The second-order valence-corrected chi connectivity index (χ2v) is 6.18. The van der Waals surface area contributed by atoms with Gasteiger partial charge in [-0.25, -0.2) is 4.79 Å². The number of hydrogen-bond acceptors (Lipinski definition) is 2. The zero-order valence-electron chi connectivity index (χ0n) is 14.2. The van der Waals surface area contributed by atoms with Crippen LogP contribution in [0.1, 0.15) is 90.9 Å².